The van der Waals surface area contributed by atoms with Gasteiger partial charge in [0.05, 0.1) is 18.2 Å². The molecule has 0 bridgehead atoms. The highest BCUT2D eigenvalue weighted by Gasteiger charge is 2.27. The topological polar surface area (TPSA) is 71.0 Å². The number of benzene rings is 1. The Kier molecular flexibility index (Phi) is 3.60. The van der Waals surface area contributed by atoms with Crippen LogP contribution in [0.1, 0.15) is 40.5 Å². The summed E-state index contributed by atoms with van der Waals surface area (Å²) in [6.07, 6.45) is 3.38. The zero-order valence-electron chi connectivity index (χ0n) is 11.8. The lowest BCUT2D eigenvalue weighted by Gasteiger charge is -2.20. The quantitative estimate of drug-likeness (QED) is 0.894. The Morgan fingerprint density at radius 2 is 2.38 bits per heavy atom. The molecule has 1 unspecified atom stereocenters. The van der Waals surface area contributed by atoms with E-state index in [1.807, 2.05) is 6.92 Å². The van der Waals surface area contributed by atoms with Gasteiger partial charge in [-0.25, -0.2) is 5.01 Å². The van der Waals surface area contributed by atoms with Crippen molar-refractivity contribution in [2.75, 3.05) is 13.2 Å². The molecule has 0 aliphatic carbocycles. The number of nitrogens with one attached hydrogen (secondary N) is 1. The summed E-state index contributed by atoms with van der Waals surface area (Å²) in [6.45, 7) is 2.92. The number of hydrazone groups is 1. The van der Waals surface area contributed by atoms with Crippen molar-refractivity contribution in [1.29, 1.82) is 0 Å². The van der Waals surface area contributed by atoms with Gasteiger partial charge in [0.15, 0.2) is 0 Å². The average molecular weight is 287 g/mol. The third kappa shape index (κ3) is 2.49. The summed E-state index contributed by atoms with van der Waals surface area (Å²) in [7, 11) is 0. The molecule has 6 heteroatoms. The molecule has 3 rings (SSSR count). The van der Waals surface area contributed by atoms with Gasteiger partial charge in [-0.3, -0.25) is 9.59 Å². The van der Waals surface area contributed by atoms with Crippen LogP contribution in [0.2, 0.25) is 0 Å². The molecule has 6 nitrogen and oxygen atoms in total. The van der Waals surface area contributed by atoms with Crippen molar-refractivity contribution >= 4 is 18.0 Å². The van der Waals surface area contributed by atoms with Crippen molar-refractivity contribution < 1.29 is 14.3 Å². The molecule has 0 fully saturated rings. The Morgan fingerprint density at radius 3 is 3.19 bits per heavy atom. The number of rotatable bonds is 2. The maximum absolute atomic E-state index is 12.5. The number of ether oxygens (including phenoxy) is 1. The van der Waals surface area contributed by atoms with Crippen molar-refractivity contribution in [3.8, 4) is 5.75 Å². The molecule has 0 spiro atoms. The van der Waals surface area contributed by atoms with Crippen molar-refractivity contribution in [3.63, 3.8) is 0 Å². The summed E-state index contributed by atoms with van der Waals surface area (Å²) < 4.78 is 5.48. The summed E-state index contributed by atoms with van der Waals surface area (Å²) in [5.41, 5.74) is 0.849. The number of hydrogen-bond donors (Lipinski definition) is 1. The molecule has 2 aliphatic rings. The van der Waals surface area contributed by atoms with Gasteiger partial charge in [0.1, 0.15) is 12.4 Å². The molecule has 2 aliphatic heterocycles. The van der Waals surface area contributed by atoms with Crippen LogP contribution in [0.15, 0.2) is 23.3 Å². The highest BCUT2D eigenvalue weighted by atomic mass is 16.5. The van der Waals surface area contributed by atoms with Crippen LogP contribution in [0.3, 0.4) is 0 Å². The van der Waals surface area contributed by atoms with Crippen molar-refractivity contribution in [3.05, 3.63) is 29.3 Å². The van der Waals surface area contributed by atoms with E-state index in [9.17, 15) is 9.59 Å². The molecule has 1 aromatic rings. The minimum Gasteiger partial charge on any atom is -0.491 e. The van der Waals surface area contributed by atoms with E-state index in [1.165, 1.54) is 5.01 Å². The monoisotopic (exact) mass is 287 g/mol. The minimum atomic E-state index is -0.214. The maximum atomic E-state index is 12.5. The van der Waals surface area contributed by atoms with E-state index in [1.54, 1.807) is 24.4 Å². The van der Waals surface area contributed by atoms with Gasteiger partial charge in [0.25, 0.3) is 11.8 Å². The Hall–Kier alpha value is -2.37. The zero-order chi connectivity index (χ0) is 14.8. The van der Waals surface area contributed by atoms with Gasteiger partial charge < -0.3 is 10.1 Å². The Labute approximate surface area is 122 Å². The van der Waals surface area contributed by atoms with Crippen molar-refractivity contribution in [1.82, 2.24) is 10.3 Å². The first-order valence-electron chi connectivity index (χ1n) is 7.11. The van der Waals surface area contributed by atoms with E-state index in [2.05, 4.69) is 10.4 Å². The van der Waals surface area contributed by atoms with E-state index in [4.69, 9.17) is 4.74 Å². The summed E-state index contributed by atoms with van der Waals surface area (Å²) in [6, 6.07) is 5.04. The largest absolute Gasteiger partial charge is 0.491 e. The van der Waals surface area contributed by atoms with Crippen LogP contribution in [0.5, 0.6) is 5.75 Å². The van der Waals surface area contributed by atoms with Crippen LogP contribution in [0.4, 0.5) is 0 Å². The van der Waals surface area contributed by atoms with E-state index < -0.39 is 0 Å². The minimum absolute atomic E-state index is 0.0985. The van der Waals surface area contributed by atoms with Gasteiger partial charge in [-0.2, -0.15) is 5.10 Å². The molecule has 110 valence electrons. The molecule has 0 saturated carbocycles. The molecular formula is C15H17N3O3. The van der Waals surface area contributed by atoms with Gasteiger partial charge in [-0.15, -0.1) is 0 Å². The summed E-state index contributed by atoms with van der Waals surface area (Å²) >= 11 is 0. The second kappa shape index (κ2) is 5.55. The van der Waals surface area contributed by atoms with Crippen LogP contribution in [0.25, 0.3) is 0 Å². The molecule has 2 heterocycles. The lowest BCUT2D eigenvalue weighted by atomic mass is 10.1. The van der Waals surface area contributed by atoms with Gasteiger partial charge in [-0.05, 0) is 24.6 Å². The highest BCUT2D eigenvalue weighted by molar-refractivity contribution is 6.02. The predicted octanol–water partition coefficient (Wildman–Crippen LogP) is 1.42. The molecule has 0 saturated heterocycles. The standard InChI is InChI=1S/C15H17N3O3/c1-2-11-5-6-17-18(11)15(20)10-3-4-13-12(9-10)14(19)16-7-8-21-13/h3-4,6,9,11H,2,5,7-8H2,1H3,(H,16,19). The predicted molar refractivity (Wildman–Crippen MR) is 77.6 cm³/mol. The maximum Gasteiger partial charge on any atom is 0.274 e. The molecular weight excluding hydrogens is 270 g/mol. The fourth-order valence-electron chi connectivity index (χ4n) is 2.53. The highest BCUT2D eigenvalue weighted by Crippen LogP contribution is 2.24. The smallest absolute Gasteiger partial charge is 0.274 e. The fourth-order valence-corrected chi connectivity index (χ4v) is 2.53. The summed E-state index contributed by atoms with van der Waals surface area (Å²) in [5, 5.41) is 8.38. The number of carbonyl (C=O) groups is 2. The first kappa shape index (κ1) is 13.6. The van der Waals surface area contributed by atoms with Crippen LogP contribution in [0, 0.1) is 0 Å². The van der Waals surface area contributed by atoms with Crippen LogP contribution < -0.4 is 10.1 Å². The molecule has 1 N–H and O–H groups in total. The van der Waals surface area contributed by atoms with E-state index in [-0.39, 0.29) is 17.9 Å². The van der Waals surface area contributed by atoms with E-state index in [0.29, 0.717) is 30.0 Å². The number of nitrogens with zero attached hydrogens (tertiary/aromatic N) is 2. The Bertz CT molecular complexity index is 612. The molecule has 2 amide bonds. The molecule has 1 aromatic carbocycles. The first-order valence-corrected chi connectivity index (χ1v) is 7.11. The first-order chi connectivity index (χ1) is 10.2. The van der Waals surface area contributed by atoms with E-state index >= 15 is 0 Å². The Balaban J connectivity index is 1.91. The normalized spacial score (nSPS) is 20.5. The van der Waals surface area contributed by atoms with Crippen LogP contribution >= 0.6 is 0 Å². The third-order valence-corrected chi connectivity index (χ3v) is 3.73. The Morgan fingerprint density at radius 1 is 1.52 bits per heavy atom. The second-order valence-corrected chi connectivity index (χ2v) is 5.06. The number of hydrogen-bond acceptors (Lipinski definition) is 4. The molecule has 21 heavy (non-hydrogen) atoms. The zero-order valence-corrected chi connectivity index (χ0v) is 11.8. The summed E-state index contributed by atoms with van der Waals surface area (Å²) in [4.78, 5) is 24.5. The molecule has 0 aromatic heterocycles. The van der Waals surface area contributed by atoms with Gasteiger partial charge >= 0.3 is 0 Å². The van der Waals surface area contributed by atoms with Gasteiger partial charge in [0, 0.05) is 18.2 Å². The van der Waals surface area contributed by atoms with Gasteiger partial charge in [0.2, 0.25) is 0 Å². The van der Waals surface area contributed by atoms with Gasteiger partial charge in [-0.1, -0.05) is 6.92 Å². The third-order valence-electron chi connectivity index (χ3n) is 3.73. The van der Waals surface area contributed by atoms with Crippen molar-refractivity contribution in [2.45, 2.75) is 25.8 Å². The van der Waals surface area contributed by atoms with E-state index in [0.717, 1.165) is 12.8 Å². The average Bonchev–Trinajstić information content (AvgIpc) is 2.91. The number of carbonyl (C=O) groups excluding carboxylic acids is 2. The fraction of sp³-hybridized carbons (Fsp3) is 0.400. The summed E-state index contributed by atoms with van der Waals surface area (Å²) in [5.74, 6) is 0.114. The second-order valence-electron chi connectivity index (χ2n) is 5.06. The lowest BCUT2D eigenvalue weighted by molar-refractivity contribution is 0.0709. The molecule has 1 atom stereocenters. The lowest BCUT2D eigenvalue weighted by Crippen LogP contribution is -2.32. The molecule has 0 radical (unpaired) electrons. The number of fused-ring (bicyclic) bond motifs is 1. The number of amides is 2. The van der Waals surface area contributed by atoms with Crippen LogP contribution in [-0.4, -0.2) is 42.2 Å². The SMILES string of the molecule is CCC1CC=NN1C(=O)c1ccc2c(c1)C(=O)NCCO2. The van der Waals surface area contributed by atoms with Crippen molar-refractivity contribution in [2.24, 2.45) is 5.10 Å². The van der Waals surface area contributed by atoms with Crippen LogP contribution in [-0.2, 0) is 0 Å².